The summed E-state index contributed by atoms with van der Waals surface area (Å²) in [5.74, 6) is 0.312. The highest BCUT2D eigenvalue weighted by atomic mass is 28.4. The van der Waals surface area contributed by atoms with Crippen LogP contribution in [-0.2, 0) is 11.0 Å². The van der Waals surface area contributed by atoms with E-state index in [1.165, 1.54) is 0 Å². The van der Waals surface area contributed by atoms with E-state index in [0.29, 0.717) is 19.1 Å². The lowest BCUT2D eigenvalue weighted by molar-refractivity contribution is 0.266. The van der Waals surface area contributed by atoms with Crippen molar-refractivity contribution in [1.29, 1.82) is 0 Å². The molecule has 0 spiro atoms. The number of aromatic nitrogens is 3. The smallest absolute Gasteiger partial charge is 0.239 e. The third-order valence-electron chi connectivity index (χ3n) is 3.14. The van der Waals surface area contributed by atoms with Crippen molar-refractivity contribution in [2.45, 2.75) is 45.4 Å². The first-order chi connectivity index (χ1) is 7.22. The molecule has 1 aromatic rings. The second-order valence-electron chi connectivity index (χ2n) is 5.47. The Morgan fingerprint density at radius 3 is 2.50 bits per heavy atom. The summed E-state index contributed by atoms with van der Waals surface area (Å²) in [7, 11) is -1.64. The fraction of sp³-hybridized carbons (Fsp3) is 0.800. The second kappa shape index (κ2) is 4.55. The van der Waals surface area contributed by atoms with Crippen LogP contribution in [0.4, 0.5) is 5.95 Å². The molecule has 6 heteroatoms. The number of anilines is 1. The lowest BCUT2D eigenvalue weighted by atomic mass is 10.2. The SMILES string of the molecule is CC(C)(C)[Si](C)(C)OCCn1cnc(N)n1. The van der Waals surface area contributed by atoms with Crippen molar-refractivity contribution < 1.29 is 4.43 Å². The standard InChI is InChI=1S/C10H22N4OSi/c1-10(2,3)16(4,5)15-7-6-14-8-12-9(11)13-14/h8H,6-7H2,1-5H3,(H2,11,13). The predicted molar refractivity (Wildman–Crippen MR) is 67.6 cm³/mol. The molecule has 0 saturated heterocycles. The molecule has 2 N–H and O–H groups in total. The molecule has 1 heterocycles. The number of nitrogens with two attached hydrogens (primary N) is 1. The van der Waals surface area contributed by atoms with E-state index in [-0.39, 0.29) is 5.04 Å². The predicted octanol–water partition coefficient (Wildman–Crippen LogP) is 1.88. The van der Waals surface area contributed by atoms with E-state index in [1.807, 2.05) is 0 Å². The van der Waals surface area contributed by atoms with Crippen molar-refractivity contribution in [2.24, 2.45) is 0 Å². The number of rotatable bonds is 4. The largest absolute Gasteiger partial charge is 0.415 e. The molecule has 0 aliphatic heterocycles. The summed E-state index contributed by atoms with van der Waals surface area (Å²) < 4.78 is 7.73. The van der Waals surface area contributed by atoms with Crippen molar-refractivity contribution in [1.82, 2.24) is 14.8 Å². The molecule has 1 aromatic heterocycles. The Bertz CT molecular complexity index is 343. The fourth-order valence-corrected chi connectivity index (χ4v) is 2.06. The summed E-state index contributed by atoms with van der Waals surface area (Å²) in [4.78, 5) is 3.87. The number of hydrogen-bond donors (Lipinski definition) is 1. The van der Waals surface area contributed by atoms with Gasteiger partial charge in [0.25, 0.3) is 0 Å². The Balaban J connectivity index is 2.41. The first-order valence-corrected chi connectivity index (χ1v) is 8.42. The Morgan fingerprint density at radius 1 is 1.44 bits per heavy atom. The van der Waals surface area contributed by atoms with Gasteiger partial charge in [0.2, 0.25) is 5.95 Å². The zero-order valence-corrected chi connectivity index (χ0v) is 11.8. The van der Waals surface area contributed by atoms with Gasteiger partial charge in [-0.2, -0.15) is 0 Å². The average Bonchev–Trinajstić information content (AvgIpc) is 2.49. The Labute approximate surface area is 98.1 Å². The molecule has 0 fully saturated rings. The zero-order valence-electron chi connectivity index (χ0n) is 10.8. The van der Waals surface area contributed by atoms with Gasteiger partial charge >= 0.3 is 0 Å². The molecule has 5 nitrogen and oxygen atoms in total. The Hall–Kier alpha value is -0.883. The highest BCUT2D eigenvalue weighted by Crippen LogP contribution is 2.36. The van der Waals surface area contributed by atoms with Crippen LogP contribution in [-0.4, -0.2) is 29.7 Å². The van der Waals surface area contributed by atoms with E-state index >= 15 is 0 Å². The molecule has 0 amide bonds. The Kier molecular flexibility index (Phi) is 3.74. The summed E-state index contributed by atoms with van der Waals surface area (Å²) in [5, 5.41) is 4.26. The molecule has 0 aliphatic carbocycles. The normalized spacial score (nSPS) is 13.1. The van der Waals surface area contributed by atoms with E-state index in [1.54, 1.807) is 11.0 Å². The van der Waals surface area contributed by atoms with Gasteiger partial charge in [-0.25, -0.2) is 9.67 Å². The van der Waals surface area contributed by atoms with E-state index in [4.69, 9.17) is 10.2 Å². The summed E-state index contributed by atoms with van der Waals surface area (Å²) >= 11 is 0. The first-order valence-electron chi connectivity index (χ1n) is 5.51. The van der Waals surface area contributed by atoms with Crippen LogP contribution in [0.5, 0.6) is 0 Å². The van der Waals surface area contributed by atoms with E-state index in [9.17, 15) is 0 Å². The molecule has 1 rings (SSSR count). The molecular formula is C10H22N4OSi. The van der Waals surface area contributed by atoms with Crippen LogP contribution in [0, 0.1) is 0 Å². The molecule has 0 atom stereocenters. The van der Waals surface area contributed by atoms with Gasteiger partial charge in [-0.15, -0.1) is 5.10 Å². The molecule has 0 aromatic carbocycles. The van der Waals surface area contributed by atoms with Crippen LogP contribution in [0.2, 0.25) is 18.1 Å². The lowest BCUT2D eigenvalue weighted by Gasteiger charge is -2.36. The second-order valence-corrected chi connectivity index (χ2v) is 10.3. The average molecular weight is 242 g/mol. The Morgan fingerprint density at radius 2 is 2.06 bits per heavy atom. The molecule has 16 heavy (non-hydrogen) atoms. The van der Waals surface area contributed by atoms with Crippen LogP contribution >= 0.6 is 0 Å². The summed E-state index contributed by atoms with van der Waals surface area (Å²) in [6.45, 7) is 12.5. The van der Waals surface area contributed by atoms with Gasteiger partial charge in [0, 0.05) is 0 Å². The molecule has 0 unspecified atom stereocenters. The quantitative estimate of drug-likeness (QED) is 0.819. The summed E-state index contributed by atoms with van der Waals surface area (Å²) in [6.07, 6.45) is 1.63. The highest BCUT2D eigenvalue weighted by Gasteiger charge is 2.36. The number of nitrogens with zero attached hydrogens (tertiary/aromatic N) is 3. The maximum atomic E-state index is 6.02. The van der Waals surface area contributed by atoms with Crippen LogP contribution in [0.3, 0.4) is 0 Å². The van der Waals surface area contributed by atoms with Gasteiger partial charge < -0.3 is 10.2 Å². The van der Waals surface area contributed by atoms with Gasteiger partial charge in [0.15, 0.2) is 8.32 Å². The minimum Gasteiger partial charge on any atom is -0.415 e. The van der Waals surface area contributed by atoms with Crippen LogP contribution < -0.4 is 5.73 Å². The van der Waals surface area contributed by atoms with E-state index < -0.39 is 8.32 Å². The molecular weight excluding hydrogens is 220 g/mol. The van der Waals surface area contributed by atoms with E-state index in [2.05, 4.69) is 43.9 Å². The maximum absolute atomic E-state index is 6.02. The van der Waals surface area contributed by atoms with Gasteiger partial charge in [-0.05, 0) is 18.1 Å². The third-order valence-corrected chi connectivity index (χ3v) is 7.68. The minimum absolute atomic E-state index is 0.244. The van der Waals surface area contributed by atoms with Crippen molar-refractivity contribution in [3.63, 3.8) is 0 Å². The van der Waals surface area contributed by atoms with Gasteiger partial charge in [0.05, 0.1) is 13.2 Å². The van der Waals surface area contributed by atoms with Crippen LogP contribution in [0.15, 0.2) is 6.33 Å². The summed E-state index contributed by atoms with van der Waals surface area (Å²) in [5.41, 5.74) is 5.43. The summed E-state index contributed by atoms with van der Waals surface area (Å²) in [6, 6.07) is 0. The molecule has 0 radical (unpaired) electrons. The van der Waals surface area contributed by atoms with Gasteiger partial charge in [-0.3, -0.25) is 0 Å². The lowest BCUT2D eigenvalue weighted by Crippen LogP contribution is -2.41. The van der Waals surface area contributed by atoms with Gasteiger partial charge in [-0.1, -0.05) is 20.8 Å². The number of hydrogen-bond acceptors (Lipinski definition) is 4. The minimum atomic E-state index is -1.64. The molecule has 0 bridgehead atoms. The highest BCUT2D eigenvalue weighted by molar-refractivity contribution is 6.74. The van der Waals surface area contributed by atoms with Crippen molar-refractivity contribution in [2.75, 3.05) is 12.3 Å². The van der Waals surface area contributed by atoms with Gasteiger partial charge in [0.1, 0.15) is 6.33 Å². The zero-order chi connectivity index (χ0) is 12.4. The van der Waals surface area contributed by atoms with Crippen molar-refractivity contribution >= 4 is 14.3 Å². The van der Waals surface area contributed by atoms with Crippen molar-refractivity contribution in [3.05, 3.63) is 6.33 Å². The third kappa shape index (κ3) is 3.31. The maximum Gasteiger partial charge on any atom is 0.239 e. The van der Waals surface area contributed by atoms with Crippen LogP contribution in [0.25, 0.3) is 0 Å². The first kappa shape index (κ1) is 13.2. The topological polar surface area (TPSA) is 66.0 Å². The van der Waals surface area contributed by atoms with Crippen molar-refractivity contribution in [3.8, 4) is 0 Å². The monoisotopic (exact) mass is 242 g/mol. The van der Waals surface area contributed by atoms with Crippen LogP contribution in [0.1, 0.15) is 20.8 Å². The number of nitrogen functional groups attached to an aromatic ring is 1. The molecule has 92 valence electrons. The molecule has 0 saturated carbocycles. The molecule has 0 aliphatic rings. The van der Waals surface area contributed by atoms with E-state index in [0.717, 1.165) is 0 Å². The fourth-order valence-electron chi connectivity index (χ4n) is 1.03.